The molecule has 7 heteroatoms. The first-order valence-corrected chi connectivity index (χ1v) is 6.60. The fraction of sp³-hybridized carbons (Fsp3) is 0.538. The predicted molar refractivity (Wildman–Crippen MR) is 69.2 cm³/mol. The molecule has 1 aliphatic rings. The largest absolute Gasteiger partial charge is 0.488 e. The number of aliphatic hydroxyl groups excluding tert-OH is 1. The molecular formula is C13H15ClF3NO2. The van der Waals surface area contributed by atoms with Crippen molar-refractivity contribution in [3.63, 3.8) is 0 Å². The number of halogens is 4. The molecule has 1 atom stereocenters. The maximum Gasteiger partial charge on any atom is 0.401 e. The summed E-state index contributed by atoms with van der Waals surface area (Å²) in [5, 5.41) is 9.43. The van der Waals surface area contributed by atoms with Crippen LogP contribution >= 0.6 is 11.6 Å². The van der Waals surface area contributed by atoms with Gasteiger partial charge in [-0.15, -0.1) is 0 Å². The SMILES string of the molecule is OCCN(CC1Cc2cc(Cl)ccc2O1)CC(F)(F)F. The van der Waals surface area contributed by atoms with E-state index >= 15 is 0 Å². The zero-order chi connectivity index (χ0) is 14.8. The second kappa shape index (κ2) is 6.20. The van der Waals surface area contributed by atoms with E-state index in [2.05, 4.69) is 0 Å². The van der Waals surface area contributed by atoms with Gasteiger partial charge >= 0.3 is 6.18 Å². The first-order valence-electron chi connectivity index (χ1n) is 6.22. The quantitative estimate of drug-likeness (QED) is 0.907. The second-order valence-electron chi connectivity index (χ2n) is 4.77. The van der Waals surface area contributed by atoms with Crippen molar-refractivity contribution >= 4 is 11.6 Å². The average molecular weight is 310 g/mol. The number of fused-ring (bicyclic) bond motifs is 1. The third kappa shape index (κ3) is 4.26. The van der Waals surface area contributed by atoms with Crippen molar-refractivity contribution in [2.75, 3.05) is 26.2 Å². The maximum absolute atomic E-state index is 12.4. The number of hydrogen-bond acceptors (Lipinski definition) is 3. The number of aliphatic hydroxyl groups is 1. The van der Waals surface area contributed by atoms with Crippen LogP contribution in [-0.4, -0.2) is 48.5 Å². The van der Waals surface area contributed by atoms with Gasteiger partial charge in [-0.25, -0.2) is 0 Å². The molecule has 1 aliphatic heterocycles. The van der Waals surface area contributed by atoms with Crippen LogP contribution in [0.3, 0.4) is 0 Å². The Morgan fingerprint density at radius 1 is 1.40 bits per heavy atom. The standard InChI is InChI=1S/C13H15ClF3NO2/c14-10-1-2-12-9(5-10)6-11(20-12)7-18(3-4-19)8-13(15,16)17/h1-2,5,11,19H,3-4,6-8H2. The Hall–Kier alpha value is -0.980. The third-order valence-corrected chi connectivity index (χ3v) is 3.28. The minimum absolute atomic E-state index is 0.0313. The molecule has 3 nitrogen and oxygen atoms in total. The zero-order valence-corrected chi connectivity index (χ0v) is 11.4. The van der Waals surface area contributed by atoms with Gasteiger partial charge in [0, 0.05) is 24.5 Å². The summed E-state index contributed by atoms with van der Waals surface area (Å²) in [5.41, 5.74) is 0.901. The fourth-order valence-electron chi connectivity index (χ4n) is 2.31. The molecule has 0 aromatic heterocycles. The average Bonchev–Trinajstić information content (AvgIpc) is 2.68. The summed E-state index contributed by atoms with van der Waals surface area (Å²) in [5.74, 6) is 0.662. The zero-order valence-electron chi connectivity index (χ0n) is 10.7. The summed E-state index contributed by atoms with van der Waals surface area (Å²) in [4.78, 5) is 1.15. The molecular weight excluding hydrogens is 295 g/mol. The molecule has 0 radical (unpaired) electrons. The molecule has 1 aromatic rings. The molecule has 1 N–H and O–H groups in total. The van der Waals surface area contributed by atoms with Crippen LogP contribution in [0.5, 0.6) is 5.75 Å². The summed E-state index contributed by atoms with van der Waals surface area (Å²) in [6.45, 7) is -1.28. The van der Waals surface area contributed by atoms with Gasteiger partial charge in [0.05, 0.1) is 13.2 Å². The monoisotopic (exact) mass is 309 g/mol. The Morgan fingerprint density at radius 3 is 2.80 bits per heavy atom. The third-order valence-electron chi connectivity index (χ3n) is 3.04. The van der Waals surface area contributed by atoms with E-state index in [0.29, 0.717) is 17.2 Å². The molecule has 0 saturated carbocycles. The summed E-state index contributed by atoms with van der Waals surface area (Å²) in [6.07, 6.45) is -4.11. The number of nitrogens with zero attached hydrogens (tertiary/aromatic N) is 1. The van der Waals surface area contributed by atoms with Crippen molar-refractivity contribution in [3.05, 3.63) is 28.8 Å². The van der Waals surface area contributed by atoms with Gasteiger partial charge in [0.1, 0.15) is 11.9 Å². The highest BCUT2D eigenvalue weighted by Crippen LogP contribution is 2.31. The minimum Gasteiger partial charge on any atom is -0.488 e. The lowest BCUT2D eigenvalue weighted by atomic mass is 10.1. The van der Waals surface area contributed by atoms with E-state index in [0.717, 1.165) is 10.5 Å². The molecule has 0 aliphatic carbocycles. The van der Waals surface area contributed by atoms with Gasteiger partial charge in [0.2, 0.25) is 0 Å². The Labute approximate surface area is 119 Å². The van der Waals surface area contributed by atoms with E-state index in [1.165, 1.54) is 0 Å². The summed E-state index contributed by atoms with van der Waals surface area (Å²) < 4.78 is 42.9. The van der Waals surface area contributed by atoms with Gasteiger partial charge in [-0.3, -0.25) is 4.90 Å². The summed E-state index contributed by atoms with van der Waals surface area (Å²) in [7, 11) is 0. The Morgan fingerprint density at radius 2 is 2.15 bits per heavy atom. The summed E-state index contributed by atoms with van der Waals surface area (Å²) >= 11 is 5.87. The van der Waals surface area contributed by atoms with Crippen LogP contribution in [-0.2, 0) is 6.42 Å². The molecule has 1 unspecified atom stereocenters. The van der Waals surface area contributed by atoms with Crippen molar-refractivity contribution in [2.24, 2.45) is 0 Å². The van der Waals surface area contributed by atoms with Crippen LogP contribution in [0.4, 0.5) is 13.2 Å². The minimum atomic E-state index is -4.29. The molecule has 0 fully saturated rings. The first-order chi connectivity index (χ1) is 9.37. The van der Waals surface area contributed by atoms with Gasteiger partial charge in [-0.2, -0.15) is 13.2 Å². The van der Waals surface area contributed by atoms with Gasteiger partial charge < -0.3 is 9.84 Å². The molecule has 112 valence electrons. The fourth-order valence-corrected chi connectivity index (χ4v) is 2.50. The van der Waals surface area contributed by atoms with Crippen LogP contribution in [0, 0.1) is 0 Å². The van der Waals surface area contributed by atoms with Crippen molar-refractivity contribution in [1.29, 1.82) is 0 Å². The molecule has 0 amide bonds. The van der Waals surface area contributed by atoms with Crippen LogP contribution in [0.15, 0.2) is 18.2 Å². The second-order valence-corrected chi connectivity index (χ2v) is 5.21. The van der Waals surface area contributed by atoms with E-state index in [-0.39, 0.29) is 25.8 Å². The van der Waals surface area contributed by atoms with Crippen LogP contribution in [0.2, 0.25) is 5.02 Å². The lowest BCUT2D eigenvalue weighted by Crippen LogP contribution is -2.42. The number of alkyl halides is 3. The lowest BCUT2D eigenvalue weighted by molar-refractivity contribution is -0.148. The normalized spacial score (nSPS) is 18.2. The number of benzene rings is 1. The molecule has 1 aromatic carbocycles. The van der Waals surface area contributed by atoms with E-state index in [1.807, 2.05) is 0 Å². The smallest absolute Gasteiger partial charge is 0.401 e. The number of ether oxygens (including phenoxy) is 1. The molecule has 0 bridgehead atoms. The number of hydrogen-bond donors (Lipinski definition) is 1. The lowest BCUT2D eigenvalue weighted by Gasteiger charge is -2.25. The highest BCUT2D eigenvalue weighted by atomic mass is 35.5. The Balaban J connectivity index is 1.96. The van der Waals surface area contributed by atoms with Gasteiger partial charge in [-0.05, 0) is 23.8 Å². The van der Waals surface area contributed by atoms with Gasteiger partial charge in [0.25, 0.3) is 0 Å². The highest BCUT2D eigenvalue weighted by molar-refractivity contribution is 6.30. The van der Waals surface area contributed by atoms with E-state index in [1.54, 1.807) is 18.2 Å². The van der Waals surface area contributed by atoms with Gasteiger partial charge in [0.15, 0.2) is 0 Å². The van der Waals surface area contributed by atoms with Crippen molar-refractivity contribution in [1.82, 2.24) is 4.90 Å². The Kier molecular flexibility index (Phi) is 4.78. The van der Waals surface area contributed by atoms with Gasteiger partial charge in [-0.1, -0.05) is 11.6 Å². The van der Waals surface area contributed by atoms with Crippen molar-refractivity contribution in [3.8, 4) is 5.75 Å². The molecule has 2 rings (SSSR count). The number of rotatable bonds is 5. The van der Waals surface area contributed by atoms with E-state index < -0.39 is 12.7 Å². The van der Waals surface area contributed by atoms with Crippen molar-refractivity contribution < 1.29 is 23.0 Å². The molecule has 20 heavy (non-hydrogen) atoms. The van der Waals surface area contributed by atoms with Crippen LogP contribution < -0.4 is 4.74 Å². The topological polar surface area (TPSA) is 32.7 Å². The molecule has 1 heterocycles. The first kappa shape index (κ1) is 15.4. The predicted octanol–water partition coefficient (Wildman–Crippen LogP) is 2.50. The maximum atomic E-state index is 12.4. The van der Waals surface area contributed by atoms with E-state index in [9.17, 15) is 13.2 Å². The van der Waals surface area contributed by atoms with Crippen LogP contribution in [0.25, 0.3) is 0 Å². The summed E-state index contributed by atoms with van der Waals surface area (Å²) in [6, 6.07) is 5.17. The van der Waals surface area contributed by atoms with Crippen molar-refractivity contribution in [2.45, 2.75) is 18.7 Å². The highest BCUT2D eigenvalue weighted by Gasteiger charge is 2.33. The Bertz CT molecular complexity index is 467. The molecule has 0 saturated heterocycles. The van der Waals surface area contributed by atoms with Crippen LogP contribution in [0.1, 0.15) is 5.56 Å². The van der Waals surface area contributed by atoms with E-state index in [4.69, 9.17) is 21.4 Å². The molecule has 0 spiro atoms.